The summed E-state index contributed by atoms with van der Waals surface area (Å²) in [4.78, 5) is 25.4. The summed E-state index contributed by atoms with van der Waals surface area (Å²) in [5.41, 5.74) is 1.57. The van der Waals surface area contributed by atoms with Crippen LogP contribution in [0.3, 0.4) is 0 Å². The second-order valence-electron chi connectivity index (χ2n) is 6.63. The van der Waals surface area contributed by atoms with Crippen molar-refractivity contribution in [1.82, 2.24) is 0 Å². The van der Waals surface area contributed by atoms with Gasteiger partial charge in [0.15, 0.2) is 12.4 Å². The maximum atomic E-state index is 13.0. The Kier molecular flexibility index (Phi) is 5.26. The number of furan rings is 1. The largest absolute Gasteiger partial charge is 0.497 e. The van der Waals surface area contributed by atoms with Gasteiger partial charge < -0.3 is 23.6 Å². The molecule has 0 unspecified atom stereocenters. The average molecular weight is 405 g/mol. The second kappa shape index (κ2) is 8.16. The molecule has 2 aromatic heterocycles. The van der Waals surface area contributed by atoms with Crippen molar-refractivity contribution in [3.63, 3.8) is 0 Å². The second-order valence-corrected chi connectivity index (χ2v) is 6.63. The van der Waals surface area contributed by atoms with Gasteiger partial charge in [0.1, 0.15) is 11.3 Å². The number of nitrogens with one attached hydrogen (secondary N) is 1. The summed E-state index contributed by atoms with van der Waals surface area (Å²) >= 11 is 0. The van der Waals surface area contributed by atoms with Crippen molar-refractivity contribution < 1.29 is 23.1 Å². The number of methoxy groups -OCH3 is 1. The van der Waals surface area contributed by atoms with Crippen LogP contribution in [0.1, 0.15) is 5.56 Å². The molecule has 0 saturated heterocycles. The molecule has 0 aliphatic carbocycles. The lowest BCUT2D eigenvalue weighted by Crippen LogP contribution is -2.22. The highest BCUT2D eigenvalue weighted by Gasteiger charge is 2.20. The summed E-state index contributed by atoms with van der Waals surface area (Å²) in [5, 5.41) is 3.07. The molecule has 4 rings (SSSR count). The van der Waals surface area contributed by atoms with Gasteiger partial charge in [-0.1, -0.05) is 6.07 Å². The minimum Gasteiger partial charge on any atom is -0.497 e. The summed E-state index contributed by atoms with van der Waals surface area (Å²) in [7, 11) is 1.56. The van der Waals surface area contributed by atoms with E-state index in [0.29, 0.717) is 28.2 Å². The van der Waals surface area contributed by atoms with E-state index in [1.807, 2.05) is 13.0 Å². The van der Waals surface area contributed by atoms with Crippen molar-refractivity contribution in [3.8, 4) is 23.0 Å². The number of hydrogen-bond acceptors (Lipinski definition) is 6. The van der Waals surface area contributed by atoms with E-state index >= 15 is 0 Å². The van der Waals surface area contributed by atoms with Gasteiger partial charge in [0, 0.05) is 5.69 Å². The Bertz CT molecular complexity index is 1240. The zero-order valence-corrected chi connectivity index (χ0v) is 16.4. The van der Waals surface area contributed by atoms with Gasteiger partial charge in [0.2, 0.25) is 16.9 Å². The van der Waals surface area contributed by atoms with Gasteiger partial charge >= 0.3 is 0 Å². The molecule has 1 N–H and O–H groups in total. The summed E-state index contributed by atoms with van der Waals surface area (Å²) in [5.74, 6) is 0.651. The SMILES string of the molecule is COc1ccc(NC(=O)COc2c(-c3ccco3)oc3cc(C)ccc3c2=O)cc1. The van der Waals surface area contributed by atoms with E-state index < -0.39 is 5.91 Å². The first-order valence-corrected chi connectivity index (χ1v) is 9.23. The zero-order valence-electron chi connectivity index (χ0n) is 16.4. The van der Waals surface area contributed by atoms with Crippen LogP contribution < -0.4 is 20.2 Å². The molecular formula is C23H19NO6. The average Bonchev–Trinajstić information content (AvgIpc) is 3.28. The fourth-order valence-electron chi connectivity index (χ4n) is 2.99. The molecular weight excluding hydrogens is 386 g/mol. The predicted molar refractivity (Wildman–Crippen MR) is 112 cm³/mol. The molecule has 2 aromatic carbocycles. The number of fused-ring (bicyclic) bond motifs is 1. The summed E-state index contributed by atoms with van der Waals surface area (Å²) in [6.07, 6.45) is 1.47. The molecule has 0 radical (unpaired) electrons. The molecule has 0 spiro atoms. The van der Waals surface area contributed by atoms with Gasteiger partial charge in [0.25, 0.3) is 5.91 Å². The quantitative estimate of drug-likeness (QED) is 0.512. The zero-order chi connectivity index (χ0) is 21.1. The van der Waals surface area contributed by atoms with E-state index in [9.17, 15) is 9.59 Å². The topological polar surface area (TPSA) is 90.9 Å². The fourth-order valence-corrected chi connectivity index (χ4v) is 2.99. The van der Waals surface area contributed by atoms with Crippen molar-refractivity contribution >= 4 is 22.6 Å². The summed E-state index contributed by atoms with van der Waals surface area (Å²) in [6, 6.07) is 15.5. The maximum absolute atomic E-state index is 13.0. The smallest absolute Gasteiger partial charge is 0.262 e. The Morgan fingerprint density at radius 3 is 2.60 bits per heavy atom. The molecule has 4 aromatic rings. The first-order chi connectivity index (χ1) is 14.5. The van der Waals surface area contributed by atoms with Crippen molar-refractivity contribution in [2.24, 2.45) is 0 Å². The molecule has 30 heavy (non-hydrogen) atoms. The van der Waals surface area contributed by atoms with Gasteiger partial charge in [-0.2, -0.15) is 0 Å². The third kappa shape index (κ3) is 3.91. The van der Waals surface area contributed by atoms with Crippen molar-refractivity contribution in [2.75, 3.05) is 19.0 Å². The fraction of sp³-hybridized carbons (Fsp3) is 0.130. The minimum absolute atomic E-state index is 0.0776. The highest BCUT2D eigenvalue weighted by molar-refractivity contribution is 5.92. The molecule has 0 fully saturated rings. The van der Waals surface area contributed by atoms with Crippen LogP contribution in [0.4, 0.5) is 5.69 Å². The van der Waals surface area contributed by atoms with Crippen molar-refractivity contribution in [2.45, 2.75) is 6.92 Å². The molecule has 7 heteroatoms. The molecule has 0 aliphatic rings. The number of benzene rings is 2. The molecule has 0 bridgehead atoms. The number of aryl methyl sites for hydroxylation is 1. The Hall–Kier alpha value is -4.00. The lowest BCUT2D eigenvalue weighted by Gasteiger charge is -2.11. The van der Waals surface area contributed by atoms with Crippen LogP contribution >= 0.6 is 0 Å². The third-order valence-electron chi connectivity index (χ3n) is 4.47. The maximum Gasteiger partial charge on any atom is 0.262 e. The minimum atomic E-state index is -0.422. The normalized spacial score (nSPS) is 10.7. The monoisotopic (exact) mass is 405 g/mol. The summed E-state index contributed by atoms with van der Waals surface area (Å²) in [6.45, 7) is 1.53. The molecule has 0 aliphatic heterocycles. The molecule has 0 atom stereocenters. The van der Waals surface area contributed by atoms with Gasteiger partial charge in [-0.15, -0.1) is 0 Å². The van der Waals surface area contributed by atoms with Crippen molar-refractivity contribution in [3.05, 3.63) is 76.6 Å². The van der Waals surface area contributed by atoms with Gasteiger partial charge in [0.05, 0.1) is 18.8 Å². The number of carbonyl (C=O) groups excluding carboxylic acids is 1. The number of ether oxygens (including phenoxy) is 2. The number of anilines is 1. The van der Waals surface area contributed by atoms with E-state index in [1.165, 1.54) is 6.26 Å². The standard InChI is InChI=1S/C23H19NO6/c1-14-5-10-17-19(12-14)30-22(18-4-3-11-28-18)23(21(17)26)29-13-20(25)24-15-6-8-16(27-2)9-7-15/h3-12H,13H2,1-2H3,(H,24,25). The predicted octanol–water partition coefficient (Wildman–Crippen LogP) is 4.39. The van der Waals surface area contributed by atoms with E-state index in [4.69, 9.17) is 18.3 Å². The number of rotatable bonds is 6. The van der Waals surface area contributed by atoms with Crippen LogP contribution in [-0.4, -0.2) is 19.6 Å². The summed E-state index contributed by atoms with van der Waals surface area (Å²) < 4.78 is 22.0. The molecule has 152 valence electrons. The molecule has 2 heterocycles. The lowest BCUT2D eigenvalue weighted by atomic mass is 10.1. The Labute approximate surface area is 171 Å². The third-order valence-corrected chi connectivity index (χ3v) is 4.47. The highest BCUT2D eigenvalue weighted by Crippen LogP contribution is 2.31. The molecule has 0 saturated carbocycles. The number of amides is 1. The van der Waals surface area contributed by atoms with Crippen LogP contribution in [0.25, 0.3) is 22.5 Å². The Balaban J connectivity index is 1.61. The highest BCUT2D eigenvalue weighted by atomic mass is 16.5. The first-order valence-electron chi connectivity index (χ1n) is 9.23. The Morgan fingerprint density at radius 1 is 1.10 bits per heavy atom. The van der Waals surface area contributed by atoms with Crippen LogP contribution in [-0.2, 0) is 4.79 Å². The molecule has 7 nitrogen and oxygen atoms in total. The van der Waals surface area contributed by atoms with Crippen LogP contribution in [0.15, 0.2) is 74.5 Å². The van der Waals surface area contributed by atoms with E-state index in [1.54, 1.807) is 55.6 Å². The van der Waals surface area contributed by atoms with Gasteiger partial charge in [-0.3, -0.25) is 9.59 Å². The van der Waals surface area contributed by atoms with Gasteiger partial charge in [-0.05, 0) is 61.0 Å². The van der Waals surface area contributed by atoms with Gasteiger partial charge in [-0.25, -0.2) is 0 Å². The Morgan fingerprint density at radius 2 is 1.90 bits per heavy atom. The first kappa shape index (κ1) is 19.3. The van der Waals surface area contributed by atoms with Crippen LogP contribution in [0.2, 0.25) is 0 Å². The lowest BCUT2D eigenvalue weighted by molar-refractivity contribution is -0.118. The van der Waals surface area contributed by atoms with Crippen LogP contribution in [0, 0.1) is 6.92 Å². The van der Waals surface area contributed by atoms with E-state index in [0.717, 1.165) is 5.56 Å². The van der Waals surface area contributed by atoms with E-state index in [2.05, 4.69) is 5.32 Å². The van der Waals surface area contributed by atoms with Crippen LogP contribution in [0.5, 0.6) is 11.5 Å². The van der Waals surface area contributed by atoms with Crippen molar-refractivity contribution in [1.29, 1.82) is 0 Å². The number of carbonyl (C=O) groups is 1. The van der Waals surface area contributed by atoms with E-state index in [-0.39, 0.29) is 23.5 Å². The molecule has 1 amide bonds. The number of hydrogen-bond donors (Lipinski definition) is 1.